The van der Waals surface area contributed by atoms with Crippen molar-refractivity contribution in [1.82, 2.24) is 10.6 Å². The highest BCUT2D eigenvalue weighted by atomic mass is 32.2. The van der Waals surface area contributed by atoms with Crippen molar-refractivity contribution >= 4 is 23.6 Å². The van der Waals surface area contributed by atoms with Gasteiger partial charge in [-0.15, -0.1) is 11.8 Å². The molecule has 0 saturated carbocycles. The molecule has 0 aliphatic heterocycles. The third-order valence-electron chi connectivity index (χ3n) is 2.87. The fraction of sp³-hybridized carbons (Fsp3) is 0.250. The quantitative estimate of drug-likeness (QED) is 0.606. The highest BCUT2D eigenvalue weighted by Gasteiger charge is 2.09. The highest BCUT2D eigenvalue weighted by Crippen LogP contribution is 2.17. The van der Waals surface area contributed by atoms with Crippen LogP contribution in [0.25, 0.3) is 0 Å². The summed E-state index contributed by atoms with van der Waals surface area (Å²) in [5.41, 5.74) is 1.23. The molecule has 0 atom stereocenters. The number of carbonyl (C=O) groups is 2. The minimum atomic E-state index is -0.394. The number of nitrogens with one attached hydrogen (secondary N) is 2. The van der Waals surface area contributed by atoms with Crippen LogP contribution in [0.4, 0.5) is 0 Å². The van der Waals surface area contributed by atoms with E-state index in [-0.39, 0.29) is 18.2 Å². The van der Waals surface area contributed by atoms with Crippen LogP contribution in [0.3, 0.4) is 0 Å². The number of thioether (sulfide) groups is 1. The molecule has 1 aromatic carbocycles. The number of aryl methyl sites for hydroxylation is 1. The maximum atomic E-state index is 11.6. The topological polar surface area (TPSA) is 71.3 Å². The van der Waals surface area contributed by atoms with Crippen molar-refractivity contribution in [2.75, 3.05) is 18.8 Å². The van der Waals surface area contributed by atoms with Gasteiger partial charge in [-0.05, 0) is 31.2 Å². The first-order chi connectivity index (χ1) is 10.6. The normalized spacial score (nSPS) is 10.2. The first-order valence-corrected chi connectivity index (χ1v) is 7.91. The van der Waals surface area contributed by atoms with Crippen LogP contribution in [-0.4, -0.2) is 30.7 Å². The summed E-state index contributed by atoms with van der Waals surface area (Å²) in [6.45, 7) is 2.54. The molecule has 2 aromatic rings. The lowest BCUT2D eigenvalue weighted by Gasteiger charge is -2.06. The molecule has 1 heterocycles. The van der Waals surface area contributed by atoms with Crippen LogP contribution in [0.1, 0.15) is 16.1 Å². The summed E-state index contributed by atoms with van der Waals surface area (Å²) >= 11 is 1.68. The van der Waals surface area contributed by atoms with E-state index in [1.807, 2.05) is 6.92 Å². The summed E-state index contributed by atoms with van der Waals surface area (Å²) in [6.07, 6.45) is 1.41. The molecule has 22 heavy (non-hydrogen) atoms. The zero-order chi connectivity index (χ0) is 15.8. The van der Waals surface area contributed by atoms with E-state index in [4.69, 9.17) is 4.42 Å². The van der Waals surface area contributed by atoms with Crippen LogP contribution < -0.4 is 10.6 Å². The van der Waals surface area contributed by atoms with Gasteiger partial charge in [-0.25, -0.2) is 0 Å². The number of furan rings is 1. The average molecular weight is 318 g/mol. The van der Waals surface area contributed by atoms with Crippen LogP contribution in [0.15, 0.2) is 52.0 Å². The Kier molecular flexibility index (Phi) is 6.09. The number of hydrogen-bond acceptors (Lipinski definition) is 4. The maximum Gasteiger partial charge on any atom is 0.287 e. The minimum absolute atomic E-state index is 0.0608. The number of rotatable bonds is 7. The fourth-order valence-corrected chi connectivity index (χ4v) is 2.48. The van der Waals surface area contributed by atoms with Crippen LogP contribution in [0.2, 0.25) is 0 Å². The molecule has 0 radical (unpaired) electrons. The molecule has 0 bridgehead atoms. The van der Waals surface area contributed by atoms with Crippen molar-refractivity contribution < 1.29 is 14.0 Å². The zero-order valence-electron chi connectivity index (χ0n) is 12.3. The summed E-state index contributed by atoms with van der Waals surface area (Å²) in [4.78, 5) is 24.3. The van der Waals surface area contributed by atoms with E-state index in [0.717, 1.165) is 5.75 Å². The Labute approximate surface area is 133 Å². The number of carbonyl (C=O) groups excluding carboxylic acids is 2. The van der Waals surface area contributed by atoms with E-state index in [0.29, 0.717) is 6.54 Å². The molecule has 0 saturated heterocycles. The summed E-state index contributed by atoms with van der Waals surface area (Å²) in [5.74, 6) is 0.363. The van der Waals surface area contributed by atoms with Gasteiger partial charge in [0, 0.05) is 17.2 Å². The molecule has 0 fully saturated rings. The number of benzene rings is 1. The Bertz CT molecular complexity index is 609. The molecular formula is C16H18N2O3S. The zero-order valence-corrected chi connectivity index (χ0v) is 13.1. The summed E-state index contributed by atoms with van der Waals surface area (Å²) in [7, 11) is 0. The third-order valence-corrected chi connectivity index (χ3v) is 3.88. The Balaban J connectivity index is 1.59. The van der Waals surface area contributed by atoms with Gasteiger partial charge in [-0.1, -0.05) is 17.7 Å². The van der Waals surface area contributed by atoms with E-state index in [2.05, 4.69) is 34.9 Å². The Hall–Kier alpha value is -2.21. The molecule has 6 heteroatoms. The second-order valence-corrected chi connectivity index (χ2v) is 5.84. The lowest BCUT2D eigenvalue weighted by molar-refractivity contribution is -0.120. The SMILES string of the molecule is Cc1ccc(SCCNC(=O)CNC(=O)c2ccco2)cc1. The predicted octanol–water partition coefficient (Wildman–Crippen LogP) is 2.23. The molecule has 0 spiro atoms. The van der Waals surface area contributed by atoms with Gasteiger partial charge in [0.05, 0.1) is 12.8 Å². The van der Waals surface area contributed by atoms with Crippen LogP contribution in [0, 0.1) is 6.92 Å². The van der Waals surface area contributed by atoms with Crippen molar-refractivity contribution in [3.8, 4) is 0 Å². The minimum Gasteiger partial charge on any atom is -0.459 e. The van der Waals surface area contributed by atoms with Crippen molar-refractivity contribution in [3.05, 3.63) is 54.0 Å². The van der Waals surface area contributed by atoms with Gasteiger partial charge in [0.25, 0.3) is 5.91 Å². The first kappa shape index (κ1) is 16.2. The van der Waals surface area contributed by atoms with E-state index in [1.165, 1.54) is 16.7 Å². The maximum absolute atomic E-state index is 11.6. The van der Waals surface area contributed by atoms with Gasteiger partial charge < -0.3 is 15.1 Å². The summed E-state index contributed by atoms with van der Waals surface area (Å²) in [5, 5.41) is 5.26. The molecule has 116 valence electrons. The van der Waals surface area contributed by atoms with Gasteiger partial charge in [0.1, 0.15) is 0 Å². The average Bonchev–Trinajstić information content (AvgIpc) is 3.05. The number of hydrogen-bond donors (Lipinski definition) is 2. The largest absolute Gasteiger partial charge is 0.459 e. The predicted molar refractivity (Wildman–Crippen MR) is 86.0 cm³/mol. The van der Waals surface area contributed by atoms with Crippen molar-refractivity contribution in [3.63, 3.8) is 0 Å². The Morgan fingerprint density at radius 1 is 1.14 bits per heavy atom. The lowest BCUT2D eigenvalue weighted by Crippen LogP contribution is -2.37. The van der Waals surface area contributed by atoms with Crippen molar-refractivity contribution in [1.29, 1.82) is 0 Å². The molecule has 0 aliphatic carbocycles. The van der Waals surface area contributed by atoms with Gasteiger partial charge in [-0.2, -0.15) is 0 Å². The van der Waals surface area contributed by atoms with E-state index >= 15 is 0 Å². The second kappa shape index (κ2) is 8.29. The van der Waals surface area contributed by atoms with Crippen LogP contribution in [0.5, 0.6) is 0 Å². The highest BCUT2D eigenvalue weighted by molar-refractivity contribution is 7.99. The first-order valence-electron chi connectivity index (χ1n) is 6.93. The number of amides is 2. The summed E-state index contributed by atoms with van der Waals surface area (Å²) < 4.78 is 4.94. The van der Waals surface area contributed by atoms with E-state index in [1.54, 1.807) is 23.9 Å². The Morgan fingerprint density at radius 3 is 2.59 bits per heavy atom. The molecule has 0 aliphatic rings. The van der Waals surface area contributed by atoms with Crippen molar-refractivity contribution in [2.45, 2.75) is 11.8 Å². The molecule has 2 amide bonds. The fourth-order valence-electron chi connectivity index (χ4n) is 1.71. The lowest BCUT2D eigenvalue weighted by atomic mass is 10.2. The molecule has 2 N–H and O–H groups in total. The monoisotopic (exact) mass is 318 g/mol. The smallest absolute Gasteiger partial charge is 0.287 e. The van der Waals surface area contributed by atoms with Crippen molar-refractivity contribution in [2.24, 2.45) is 0 Å². The van der Waals surface area contributed by atoms with Gasteiger partial charge >= 0.3 is 0 Å². The summed E-state index contributed by atoms with van der Waals surface area (Å²) in [6, 6.07) is 11.4. The standard InChI is InChI=1S/C16H18N2O3S/c1-12-4-6-13(7-5-12)22-10-8-17-15(19)11-18-16(20)14-3-2-9-21-14/h2-7,9H,8,10-11H2,1H3,(H,17,19)(H,18,20). The second-order valence-electron chi connectivity index (χ2n) is 4.67. The van der Waals surface area contributed by atoms with E-state index < -0.39 is 5.91 Å². The molecular weight excluding hydrogens is 300 g/mol. The molecule has 2 rings (SSSR count). The van der Waals surface area contributed by atoms with Crippen LogP contribution >= 0.6 is 11.8 Å². The van der Waals surface area contributed by atoms with Gasteiger partial charge in [-0.3, -0.25) is 9.59 Å². The molecule has 5 nitrogen and oxygen atoms in total. The van der Waals surface area contributed by atoms with E-state index in [9.17, 15) is 9.59 Å². The van der Waals surface area contributed by atoms with Gasteiger partial charge in [0.15, 0.2) is 5.76 Å². The molecule has 0 unspecified atom stereocenters. The third kappa shape index (κ3) is 5.29. The Morgan fingerprint density at radius 2 is 1.91 bits per heavy atom. The van der Waals surface area contributed by atoms with Gasteiger partial charge in [0.2, 0.25) is 5.91 Å². The van der Waals surface area contributed by atoms with Crippen LogP contribution in [-0.2, 0) is 4.79 Å². The molecule has 1 aromatic heterocycles.